The van der Waals surface area contributed by atoms with Crippen molar-refractivity contribution in [2.75, 3.05) is 7.11 Å². The van der Waals surface area contributed by atoms with Crippen LogP contribution in [0, 0.1) is 19.7 Å². The van der Waals surface area contributed by atoms with Crippen LogP contribution in [0.5, 0.6) is 5.88 Å². The number of rotatable bonds is 4. The Hall–Kier alpha value is -2.43. The summed E-state index contributed by atoms with van der Waals surface area (Å²) >= 11 is 0. The number of nitrogens with one attached hydrogen (secondary N) is 1. The molecule has 2 aromatic rings. The van der Waals surface area contributed by atoms with Crippen LogP contribution in [0.2, 0.25) is 0 Å². The van der Waals surface area contributed by atoms with Crippen LogP contribution in [0.1, 0.15) is 27.2 Å². The zero-order valence-corrected chi connectivity index (χ0v) is 12.2. The Morgan fingerprint density at radius 2 is 2.05 bits per heavy atom. The van der Waals surface area contributed by atoms with Crippen LogP contribution in [-0.4, -0.2) is 18.0 Å². The zero-order chi connectivity index (χ0) is 15.4. The number of nitrogens with zero attached hydrogens (tertiary/aromatic N) is 1. The molecule has 0 aliphatic rings. The molecule has 1 aromatic carbocycles. The fraction of sp³-hybridized carbons (Fsp3) is 0.250. The summed E-state index contributed by atoms with van der Waals surface area (Å²) in [5, 5.41) is 2.69. The molecule has 0 saturated carbocycles. The van der Waals surface area contributed by atoms with Crippen molar-refractivity contribution in [3.8, 4) is 5.88 Å². The van der Waals surface area contributed by atoms with Crippen molar-refractivity contribution in [1.82, 2.24) is 10.3 Å². The highest BCUT2D eigenvalue weighted by Crippen LogP contribution is 2.20. The number of carbonyl (C=O) groups excluding carboxylic acids is 1. The summed E-state index contributed by atoms with van der Waals surface area (Å²) in [4.78, 5) is 16.3. The lowest BCUT2D eigenvalue weighted by atomic mass is 10.1. The van der Waals surface area contributed by atoms with Crippen LogP contribution in [0.25, 0.3) is 0 Å². The molecule has 0 unspecified atom stereocenters. The van der Waals surface area contributed by atoms with E-state index in [1.807, 2.05) is 19.9 Å². The number of halogens is 1. The molecule has 21 heavy (non-hydrogen) atoms. The van der Waals surface area contributed by atoms with Crippen molar-refractivity contribution in [3.63, 3.8) is 0 Å². The second-order valence-electron chi connectivity index (χ2n) is 4.73. The van der Waals surface area contributed by atoms with E-state index < -0.39 is 11.7 Å². The molecule has 1 N–H and O–H groups in total. The molecule has 1 heterocycles. The first-order valence-corrected chi connectivity index (χ1v) is 6.56. The molecule has 0 spiro atoms. The summed E-state index contributed by atoms with van der Waals surface area (Å²) in [5.74, 6) is -0.530. The first-order valence-electron chi connectivity index (χ1n) is 6.56. The van der Waals surface area contributed by atoms with E-state index in [4.69, 9.17) is 4.74 Å². The van der Waals surface area contributed by atoms with Gasteiger partial charge in [0.2, 0.25) is 5.88 Å². The maximum Gasteiger partial charge on any atom is 0.254 e. The van der Waals surface area contributed by atoms with Gasteiger partial charge in [0.1, 0.15) is 5.82 Å². The molecule has 110 valence electrons. The normalized spacial score (nSPS) is 10.3. The van der Waals surface area contributed by atoms with Crippen LogP contribution >= 0.6 is 0 Å². The van der Waals surface area contributed by atoms with E-state index in [0.717, 1.165) is 16.8 Å². The van der Waals surface area contributed by atoms with Crippen LogP contribution in [-0.2, 0) is 6.54 Å². The molecule has 4 nitrogen and oxygen atoms in total. The van der Waals surface area contributed by atoms with Gasteiger partial charge in [0.25, 0.3) is 5.91 Å². The molecule has 0 aliphatic carbocycles. The maximum atomic E-state index is 13.5. The van der Waals surface area contributed by atoms with Gasteiger partial charge in [-0.05, 0) is 37.6 Å². The van der Waals surface area contributed by atoms with Crippen LogP contribution in [0.4, 0.5) is 4.39 Å². The number of pyridine rings is 1. The number of amides is 1. The summed E-state index contributed by atoms with van der Waals surface area (Å²) in [6, 6.07) is 7.78. The maximum absolute atomic E-state index is 13.5. The van der Waals surface area contributed by atoms with Crippen LogP contribution in [0.3, 0.4) is 0 Å². The SMILES string of the molecule is COc1nc(C)cc(C)c1CNC(=O)c1ccccc1F. The van der Waals surface area contributed by atoms with Crippen molar-refractivity contribution in [3.05, 3.63) is 58.5 Å². The number of hydrogen-bond acceptors (Lipinski definition) is 3. The Morgan fingerprint density at radius 3 is 2.71 bits per heavy atom. The minimum absolute atomic E-state index is 0.0224. The summed E-state index contributed by atoms with van der Waals surface area (Å²) in [6.45, 7) is 4.02. The van der Waals surface area contributed by atoms with Gasteiger partial charge in [-0.25, -0.2) is 9.37 Å². The summed E-state index contributed by atoms with van der Waals surface area (Å²) in [5.41, 5.74) is 2.61. The molecule has 5 heteroatoms. The highest BCUT2D eigenvalue weighted by molar-refractivity contribution is 5.94. The lowest BCUT2D eigenvalue weighted by molar-refractivity contribution is 0.0946. The van der Waals surface area contributed by atoms with E-state index in [1.54, 1.807) is 12.1 Å². The summed E-state index contributed by atoms with van der Waals surface area (Å²) in [6.07, 6.45) is 0. The predicted molar refractivity (Wildman–Crippen MR) is 77.8 cm³/mol. The van der Waals surface area contributed by atoms with Gasteiger partial charge in [-0.3, -0.25) is 4.79 Å². The third-order valence-electron chi connectivity index (χ3n) is 3.18. The zero-order valence-electron chi connectivity index (χ0n) is 12.2. The highest BCUT2D eigenvalue weighted by atomic mass is 19.1. The van der Waals surface area contributed by atoms with Gasteiger partial charge in [0.05, 0.1) is 12.7 Å². The largest absolute Gasteiger partial charge is 0.481 e. The van der Waals surface area contributed by atoms with Gasteiger partial charge < -0.3 is 10.1 Å². The molecule has 0 bridgehead atoms. The van der Waals surface area contributed by atoms with Crippen molar-refractivity contribution >= 4 is 5.91 Å². The Balaban J connectivity index is 2.17. The fourth-order valence-electron chi connectivity index (χ4n) is 2.12. The molecule has 2 rings (SSSR count). The second-order valence-corrected chi connectivity index (χ2v) is 4.73. The standard InChI is InChI=1S/C16H17FN2O2/c1-10-8-11(2)19-16(21-3)13(10)9-18-15(20)12-6-4-5-7-14(12)17/h4-8H,9H2,1-3H3,(H,18,20). The number of carbonyl (C=O) groups is 1. The second kappa shape index (κ2) is 6.35. The lowest BCUT2D eigenvalue weighted by Crippen LogP contribution is -2.24. The molecule has 1 amide bonds. The van der Waals surface area contributed by atoms with Gasteiger partial charge >= 0.3 is 0 Å². The monoisotopic (exact) mass is 288 g/mol. The Kier molecular flexibility index (Phi) is 4.52. The van der Waals surface area contributed by atoms with Crippen LogP contribution in [0.15, 0.2) is 30.3 Å². The minimum atomic E-state index is -0.541. The van der Waals surface area contributed by atoms with Gasteiger partial charge in [-0.15, -0.1) is 0 Å². The van der Waals surface area contributed by atoms with E-state index in [0.29, 0.717) is 5.88 Å². The molecule has 1 aromatic heterocycles. The third kappa shape index (κ3) is 3.37. The molecule has 0 aliphatic heterocycles. The van der Waals surface area contributed by atoms with Crippen molar-refractivity contribution in [2.45, 2.75) is 20.4 Å². The first-order chi connectivity index (χ1) is 10.0. The van der Waals surface area contributed by atoms with Crippen LogP contribution < -0.4 is 10.1 Å². The molecule has 0 atom stereocenters. The highest BCUT2D eigenvalue weighted by Gasteiger charge is 2.14. The van der Waals surface area contributed by atoms with Gasteiger partial charge in [-0.2, -0.15) is 0 Å². The number of methoxy groups -OCH3 is 1. The van der Waals surface area contributed by atoms with Gasteiger partial charge in [0, 0.05) is 17.8 Å². The average molecular weight is 288 g/mol. The van der Waals surface area contributed by atoms with Crippen molar-refractivity contribution in [1.29, 1.82) is 0 Å². The Labute approximate surface area is 123 Å². The van der Waals surface area contributed by atoms with Gasteiger partial charge in [-0.1, -0.05) is 12.1 Å². The summed E-state index contributed by atoms with van der Waals surface area (Å²) in [7, 11) is 1.53. The predicted octanol–water partition coefficient (Wildman–Crippen LogP) is 2.78. The number of benzene rings is 1. The minimum Gasteiger partial charge on any atom is -0.481 e. The third-order valence-corrected chi connectivity index (χ3v) is 3.18. The average Bonchev–Trinajstić information content (AvgIpc) is 2.45. The van der Waals surface area contributed by atoms with E-state index in [9.17, 15) is 9.18 Å². The Morgan fingerprint density at radius 1 is 1.33 bits per heavy atom. The topological polar surface area (TPSA) is 51.2 Å². The lowest BCUT2D eigenvalue weighted by Gasteiger charge is -2.13. The van der Waals surface area contributed by atoms with Gasteiger partial charge in [0.15, 0.2) is 0 Å². The quantitative estimate of drug-likeness (QED) is 0.941. The van der Waals surface area contributed by atoms with E-state index in [1.165, 1.54) is 19.2 Å². The van der Waals surface area contributed by atoms with E-state index in [-0.39, 0.29) is 12.1 Å². The first kappa shape index (κ1) is 15.0. The van der Waals surface area contributed by atoms with E-state index >= 15 is 0 Å². The number of hydrogen-bond donors (Lipinski definition) is 1. The van der Waals surface area contributed by atoms with E-state index in [2.05, 4.69) is 10.3 Å². The smallest absolute Gasteiger partial charge is 0.254 e. The molecule has 0 fully saturated rings. The summed E-state index contributed by atoms with van der Waals surface area (Å²) < 4.78 is 18.8. The number of ether oxygens (including phenoxy) is 1. The fourth-order valence-corrected chi connectivity index (χ4v) is 2.12. The Bertz CT molecular complexity index is 671. The van der Waals surface area contributed by atoms with Crippen molar-refractivity contribution < 1.29 is 13.9 Å². The number of aryl methyl sites for hydroxylation is 2. The van der Waals surface area contributed by atoms with Crippen molar-refractivity contribution in [2.24, 2.45) is 0 Å². The molecule has 0 saturated heterocycles. The molecule has 0 radical (unpaired) electrons. The number of aromatic nitrogens is 1. The molecular weight excluding hydrogens is 271 g/mol. The molecular formula is C16H17FN2O2.